The number of hydrogen-bond acceptors (Lipinski definition) is 3. The van der Waals surface area contributed by atoms with E-state index in [2.05, 4.69) is 21.2 Å². The maximum absolute atomic E-state index is 13.0. The van der Waals surface area contributed by atoms with Crippen LogP contribution in [0.25, 0.3) is 0 Å². The summed E-state index contributed by atoms with van der Waals surface area (Å²) >= 11 is 9.77. The highest BCUT2D eigenvalue weighted by molar-refractivity contribution is 9.10. The minimum Gasteiger partial charge on any atom is -0.487 e. The molecule has 0 aliphatic rings. The van der Waals surface area contributed by atoms with Gasteiger partial charge in [0.15, 0.2) is 0 Å². The van der Waals surface area contributed by atoms with Crippen molar-refractivity contribution in [3.63, 3.8) is 0 Å². The number of aromatic carboxylic acids is 1. The van der Waals surface area contributed by atoms with E-state index in [0.717, 1.165) is 22.2 Å². The van der Waals surface area contributed by atoms with Gasteiger partial charge in [-0.1, -0.05) is 46.8 Å². The molecule has 0 fully saturated rings. The number of aryl methyl sites for hydroxylation is 1. The molecule has 0 saturated heterocycles. The van der Waals surface area contributed by atoms with E-state index in [0.29, 0.717) is 33.0 Å². The van der Waals surface area contributed by atoms with Gasteiger partial charge in [-0.2, -0.15) is 0 Å². The molecule has 0 radical (unpaired) electrons. The summed E-state index contributed by atoms with van der Waals surface area (Å²) in [4.78, 5) is 24.9. The molecule has 3 aromatic rings. The smallest absolute Gasteiger partial charge is 0.335 e. The van der Waals surface area contributed by atoms with E-state index < -0.39 is 11.9 Å². The molecule has 162 valence electrons. The topological polar surface area (TPSA) is 75.6 Å². The van der Waals surface area contributed by atoms with Crippen LogP contribution < -0.4 is 21.0 Å². The molecule has 0 aliphatic carbocycles. The first-order chi connectivity index (χ1) is 15.1. The lowest BCUT2D eigenvalue weighted by Crippen LogP contribution is -2.37. The Morgan fingerprint density at radius 3 is 2.41 bits per heavy atom. The zero-order chi connectivity index (χ0) is 23.6. The Morgan fingerprint density at radius 2 is 1.78 bits per heavy atom. The molecule has 32 heavy (non-hydrogen) atoms. The van der Waals surface area contributed by atoms with Gasteiger partial charge in [0.05, 0.1) is 16.1 Å². The standard InChI is InChI=1S/C23H21B2BrClNO4/c1-11-5-3-4-6-13(11)10-32-16-8-7-14(9-15(16)27)28-22(29)18-17(23(30)31)20(25)19(24)12(2)21(18)26/h3-9H,10,24-25H2,1-2H3,(H,28,29)(H,30,31). The molecule has 0 saturated carbocycles. The zero-order valence-corrected chi connectivity index (χ0v) is 20.5. The average molecular weight is 512 g/mol. The third kappa shape index (κ3) is 4.87. The van der Waals surface area contributed by atoms with Crippen LogP contribution in [0.5, 0.6) is 5.75 Å². The summed E-state index contributed by atoms with van der Waals surface area (Å²) in [6, 6.07) is 12.8. The Hall–Kier alpha value is -2.70. The van der Waals surface area contributed by atoms with Crippen LogP contribution >= 0.6 is 27.5 Å². The number of anilines is 1. The van der Waals surface area contributed by atoms with Crippen LogP contribution in [0.3, 0.4) is 0 Å². The number of hydrogen-bond donors (Lipinski definition) is 2. The molecule has 0 heterocycles. The van der Waals surface area contributed by atoms with Crippen LogP contribution in [0.2, 0.25) is 5.02 Å². The fraction of sp³-hybridized carbons (Fsp3) is 0.130. The Labute approximate surface area is 202 Å². The van der Waals surface area contributed by atoms with Crippen LogP contribution in [-0.4, -0.2) is 32.7 Å². The predicted octanol–water partition coefficient (Wildman–Crippen LogP) is 2.77. The fourth-order valence-corrected chi connectivity index (χ4v) is 4.33. The molecule has 0 aromatic heterocycles. The molecule has 3 aromatic carbocycles. The molecule has 0 atom stereocenters. The normalized spacial score (nSPS) is 10.6. The van der Waals surface area contributed by atoms with E-state index in [4.69, 9.17) is 16.3 Å². The van der Waals surface area contributed by atoms with Crippen molar-refractivity contribution in [3.8, 4) is 5.75 Å². The first kappa shape index (κ1) is 24.0. The number of ether oxygens (including phenoxy) is 1. The summed E-state index contributed by atoms with van der Waals surface area (Å²) in [6.07, 6.45) is 0. The van der Waals surface area contributed by atoms with Crippen LogP contribution in [0.15, 0.2) is 46.9 Å². The number of carbonyl (C=O) groups is 2. The molecule has 9 heteroatoms. The highest BCUT2D eigenvalue weighted by atomic mass is 79.9. The van der Waals surface area contributed by atoms with Crippen molar-refractivity contribution < 1.29 is 19.4 Å². The van der Waals surface area contributed by atoms with Gasteiger partial charge in [-0.05, 0) is 64.7 Å². The highest BCUT2D eigenvalue weighted by Crippen LogP contribution is 2.30. The van der Waals surface area contributed by atoms with Gasteiger partial charge in [-0.15, -0.1) is 0 Å². The maximum atomic E-state index is 13.0. The summed E-state index contributed by atoms with van der Waals surface area (Å²) in [5.41, 5.74) is 4.85. The molecule has 0 unspecified atom stereocenters. The molecular weight excluding hydrogens is 491 g/mol. The van der Waals surface area contributed by atoms with Crippen molar-refractivity contribution in [3.05, 3.63) is 79.8 Å². The van der Waals surface area contributed by atoms with Crippen LogP contribution in [0, 0.1) is 13.8 Å². The van der Waals surface area contributed by atoms with E-state index in [-0.39, 0.29) is 11.1 Å². The predicted molar refractivity (Wildman–Crippen MR) is 137 cm³/mol. The molecule has 0 spiro atoms. The maximum Gasteiger partial charge on any atom is 0.335 e. The second-order valence-corrected chi connectivity index (χ2v) is 8.76. The number of carbonyl (C=O) groups excluding carboxylic acids is 1. The van der Waals surface area contributed by atoms with Gasteiger partial charge in [0.25, 0.3) is 5.91 Å². The van der Waals surface area contributed by atoms with Gasteiger partial charge in [0, 0.05) is 10.2 Å². The summed E-state index contributed by atoms with van der Waals surface area (Å²) in [5, 5.41) is 12.8. The van der Waals surface area contributed by atoms with Crippen molar-refractivity contribution >= 4 is 71.7 Å². The Bertz CT molecular complexity index is 1230. The molecule has 0 aliphatic heterocycles. The zero-order valence-electron chi connectivity index (χ0n) is 18.2. The lowest BCUT2D eigenvalue weighted by Gasteiger charge is -2.18. The molecule has 1 amide bonds. The lowest BCUT2D eigenvalue weighted by atomic mass is 9.73. The van der Waals surface area contributed by atoms with Gasteiger partial charge in [0.1, 0.15) is 28.0 Å². The van der Waals surface area contributed by atoms with E-state index in [1.165, 1.54) is 0 Å². The van der Waals surface area contributed by atoms with E-state index in [1.54, 1.807) is 26.0 Å². The minimum absolute atomic E-state index is 0.0262. The summed E-state index contributed by atoms with van der Waals surface area (Å²) in [6.45, 7) is 4.22. The molecule has 2 N–H and O–H groups in total. The number of carboxylic acids is 1. The van der Waals surface area contributed by atoms with Crippen LogP contribution in [0.1, 0.15) is 37.4 Å². The van der Waals surface area contributed by atoms with Gasteiger partial charge in [0.2, 0.25) is 0 Å². The third-order valence-corrected chi connectivity index (χ3v) is 6.86. The van der Waals surface area contributed by atoms with E-state index >= 15 is 0 Å². The second-order valence-electron chi connectivity index (χ2n) is 7.56. The largest absolute Gasteiger partial charge is 0.487 e. The molecule has 3 rings (SSSR count). The number of nitrogens with one attached hydrogen (secondary N) is 1. The highest BCUT2D eigenvalue weighted by Gasteiger charge is 2.25. The van der Waals surface area contributed by atoms with Crippen molar-refractivity contribution in [2.24, 2.45) is 0 Å². The quantitative estimate of drug-likeness (QED) is 0.499. The Morgan fingerprint density at radius 1 is 1.09 bits per heavy atom. The van der Waals surface area contributed by atoms with Gasteiger partial charge in [-0.3, -0.25) is 4.79 Å². The molecule has 5 nitrogen and oxygen atoms in total. The number of amides is 1. The number of benzene rings is 3. The fourth-order valence-electron chi connectivity index (χ4n) is 3.42. The Balaban J connectivity index is 1.84. The van der Waals surface area contributed by atoms with E-state index in [9.17, 15) is 14.7 Å². The number of halogens is 2. The van der Waals surface area contributed by atoms with Gasteiger partial charge >= 0.3 is 5.97 Å². The van der Waals surface area contributed by atoms with Gasteiger partial charge in [-0.25, -0.2) is 4.79 Å². The summed E-state index contributed by atoms with van der Waals surface area (Å²) in [7, 11) is 3.53. The monoisotopic (exact) mass is 511 g/mol. The molecule has 0 bridgehead atoms. The second kappa shape index (κ2) is 9.84. The first-order valence-corrected chi connectivity index (χ1v) is 11.1. The van der Waals surface area contributed by atoms with Crippen LogP contribution in [0.4, 0.5) is 5.69 Å². The Kier molecular flexibility index (Phi) is 7.36. The van der Waals surface area contributed by atoms with Crippen molar-refractivity contribution in [2.75, 3.05) is 5.32 Å². The first-order valence-electron chi connectivity index (χ1n) is 9.92. The third-order valence-electron chi connectivity index (χ3n) is 5.57. The average Bonchev–Trinajstić information content (AvgIpc) is 2.74. The summed E-state index contributed by atoms with van der Waals surface area (Å²) in [5.74, 6) is -1.21. The van der Waals surface area contributed by atoms with E-state index in [1.807, 2.05) is 46.0 Å². The number of carboxylic acid groups (broad SMARTS) is 1. The van der Waals surface area contributed by atoms with Crippen molar-refractivity contribution in [1.29, 1.82) is 0 Å². The number of rotatable bonds is 6. The van der Waals surface area contributed by atoms with Crippen molar-refractivity contribution in [1.82, 2.24) is 0 Å². The lowest BCUT2D eigenvalue weighted by molar-refractivity contribution is 0.0694. The van der Waals surface area contributed by atoms with Gasteiger partial charge < -0.3 is 15.2 Å². The summed E-state index contributed by atoms with van der Waals surface area (Å²) < 4.78 is 6.29. The van der Waals surface area contributed by atoms with Crippen LogP contribution in [-0.2, 0) is 6.61 Å². The SMILES string of the molecule is Bc1c(B)c(C(=O)O)c(C(=O)Nc2ccc(OCc3ccccc3C)c(Cl)c2)c(Br)c1C. The minimum atomic E-state index is -1.16. The molecular formula is C23H21B2BrClNO4. The van der Waals surface area contributed by atoms with Crippen molar-refractivity contribution in [2.45, 2.75) is 20.5 Å².